The fourth-order valence-corrected chi connectivity index (χ4v) is 2.81. The van der Waals surface area contributed by atoms with Crippen LogP contribution in [0.15, 0.2) is 41.5 Å². The molecule has 7 nitrogen and oxygen atoms in total. The largest absolute Gasteiger partial charge is 0.490 e. The predicted molar refractivity (Wildman–Crippen MR) is 121 cm³/mol. The summed E-state index contributed by atoms with van der Waals surface area (Å²) >= 11 is 0. The molecule has 0 saturated carbocycles. The first-order chi connectivity index (χ1) is 14.5. The lowest BCUT2D eigenvalue weighted by atomic mass is 10.1. The second kappa shape index (κ2) is 12.6. The van der Waals surface area contributed by atoms with Crippen molar-refractivity contribution in [2.24, 2.45) is 4.99 Å². The smallest absolute Gasteiger partial charge is 0.213 e. The maximum absolute atomic E-state index is 5.70. The van der Waals surface area contributed by atoms with Crippen molar-refractivity contribution in [1.82, 2.24) is 15.6 Å². The highest BCUT2D eigenvalue weighted by Gasteiger charge is 2.07. The zero-order valence-electron chi connectivity index (χ0n) is 18.7. The highest BCUT2D eigenvalue weighted by molar-refractivity contribution is 5.79. The van der Waals surface area contributed by atoms with Crippen molar-refractivity contribution >= 4 is 5.96 Å². The molecule has 0 unspecified atom stereocenters. The number of hydrogen-bond donors (Lipinski definition) is 2. The fraction of sp³-hybridized carbons (Fsp3) is 0.478. The van der Waals surface area contributed by atoms with Gasteiger partial charge in [0.1, 0.15) is 0 Å². The first kappa shape index (κ1) is 23.3. The molecule has 7 heteroatoms. The number of hydrogen-bond acceptors (Lipinski definition) is 5. The molecule has 0 aliphatic heterocycles. The van der Waals surface area contributed by atoms with Crippen molar-refractivity contribution in [3.8, 4) is 17.4 Å². The normalized spacial score (nSPS) is 11.3. The van der Waals surface area contributed by atoms with Gasteiger partial charge in [-0.2, -0.15) is 0 Å². The number of aromatic nitrogens is 1. The summed E-state index contributed by atoms with van der Waals surface area (Å²) in [5, 5.41) is 6.64. The van der Waals surface area contributed by atoms with Gasteiger partial charge in [0.05, 0.1) is 19.3 Å². The Kier molecular flexibility index (Phi) is 9.77. The molecule has 2 aromatic rings. The topological polar surface area (TPSA) is 77.0 Å². The number of ether oxygens (including phenoxy) is 3. The summed E-state index contributed by atoms with van der Waals surface area (Å²) in [5.41, 5.74) is 2.23. The van der Waals surface area contributed by atoms with E-state index in [0.29, 0.717) is 25.6 Å². The third-order valence-electron chi connectivity index (χ3n) is 4.15. The molecule has 0 bridgehead atoms. The van der Waals surface area contributed by atoms with Crippen molar-refractivity contribution in [2.45, 2.75) is 46.8 Å². The lowest BCUT2D eigenvalue weighted by Gasteiger charge is -2.14. The Morgan fingerprint density at radius 3 is 2.37 bits per heavy atom. The van der Waals surface area contributed by atoms with E-state index in [1.54, 1.807) is 7.05 Å². The Balaban J connectivity index is 1.82. The summed E-state index contributed by atoms with van der Waals surface area (Å²) in [6.45, 7) is 10.5. The van der Waals surface area contributed by atoms with Crippen LogP contribution in [0.2, 0.25) is 0 Å². The molecule has 30 heavy (non-hydrogen) atoms. The van der Waals surface area contributed by atoms with Gasteiger partial charge in [-0.15, -0.1) is 0 Å². The van der Waals surface area contributed by atoms with E-state index in [0.717, 1.165) is 36.0 Å². The van der Waals surface area contributed by atoms with Crippen LogP contribution in [0.5, 0.6) is 17.4 Å². The second-order valence-corrected chi connectivity index (χ2v) is 6.92. The van der Waals surface area contributed by atoms with E-state index in [-0.39, 0.29) is 6.10 Å². The third kappa shape index (κ3) is 7.81. The van der Waals surface area contributed by atoms with Gasteiger partial charge >= 0.3 is 0 Å². The van der Waals surface area contributed by atoms with Crippen molar-refractivity contribution in [1.29, 1.82) is 0 Å². The molecule has 0 aliphatic rings. The molecule has 2 rings (SSSR count). The maximum atomic E-state index is 5.70. The summed E-state index contributed by atoms with van der Waals surface area (Å²) in [5.74, 6) is 2.95. The molecule has 0 fully saturated rings. The predicted octanol–water partition coefficient (Wildman–Crippen LogP) is 3.57. The van der Waals surface area contributed by atoms with E-state index in [4.69, 9.17) is 14.2 Å². The summed E-state index contributed by atoms with van der Waals surface area (Å²) in [7, 11) is 1.76. The van der Waals surface area contributed by atoms with Crippen LogP contribution in [0.3, 0.4) is 0 Å². The molecule has 0 saturated heterocycles. The van der Waals surface area contributed by atoms with E-state index in [2.05, 4.69) is 26.7 Å². The lowest BCUT2D eigenvalue weighted by Crippen LogP contribution is -2.37. The van der Waals surface area contributed by atoms with Gasteiger partial charge in [-0.3, -0.25) is 4.99 Å². The third-order valence-corrected chi connectivity index (χ3v) is 4.15. The molecule has 164 valence electrons. The first-order valence-corrected chi connectivity index (χ1v) is 10.5. The van der Waals surface area contributed by atoms with Crippen LogP contribution >= 0.6 is 0 Å². The molecular weight excluding hydrogens is 380 g/mol. The number of guanidine groups is 1. The molecule has 0 amide bonds. The number of nitrogens with one attached hydrogen (secondary N) is 2. The Morgan fingerprint density at radius 1 is 1.00 bits per heavy atom. The molecule has 0 spiro atoms. The van der Waals surface area contributed by atoms with Crippen LogP contribution in [0.4, 0.5) is 0 Å². The first-order valence-electron chi connectivity index (χ1n) is 10.5. The summed E-state index contributed by atoms with van der Waals surface area (Å²) < 4.78 is 16.9. The highest BCUT2D eigenvalue weighted by atomic mass is 16.5. The van der Waals surface area contributed by atoms with Crippen molar-refractivity contribution < 1.29 is 14.2 Å². The van der Waals surface area contributed by atoms with Gasteiger partial charge < -0.3 is 24.8 Å². The molecule has 0 radical (unpaired) electrons. The Morgan fingerprint density at radius 2 is 1.73 bits per heavy atom. The zero-order valence-corrected chi connectivity index (χ0v) is 18.7. The van der Waals surface area contributed by atoms with Crippen molar-refractivity contribution in [3.63, 3.8) is 0 Å². The molecule has 0 atom stereocenters. The molecule has 1 heterocycles. The van der Waals surface area contributed by atoms with Gasteiger partial charge in [-0.05, 0) is 57.4 Å². The van der Waals surface area contributed by atoms with Gasteiger partial charge in [0, 0.05) is 32.4 Å². The number of pyridine rings is 1. The number of benzene rings is 1. The number of nitrogens with zero attached hydrogens (tertiary/aromatic N) is 2. The summed E-state index contributed by atoms with van der Waals surface area (Å²) in [4.78, 5) is 8.60. The van der Waals surface area contributed by atoms with Gasteiger partial charge in [0.25, 0.3) is 0 Å². The van der Waals surface area contributed by atoms with Gasteiger partial charge in [-0.25, -0.2) is 4.98 Å². The van der Waals surface area contributed by atoms with E-state index in [1.807, 2.05) is 58.2 Å². The lowest BCUT2D eigenvalue weighted by molar-refractivity contribution is 0.232. The van der Waals surface area contributed by atoms with Gasteiger partial charge in [0.2, 0.25) is 5.88 Å². The van der Waals surface area contributed by atoms with Crippen LogP contribution < -0.4 is 24.8 Å². The SMILES string of the molecule is CCOc1ccc(CCNC(=NC)NCc2ccc(OC(C)C)nc2)cc1OCC. The molecule has 2 N–H and O–H groups in total. The quantitative estimate of drug-likeness (QED) is 0.432. The monoisotopic (exact) mass is 414 g/mol. The minimum absolute atomic E-state index is 0.115. The summed E-state index contributed by atoms with van der Waals surface area (Å²) in [6.07, 6.45) is 2.77. The van der Waals surface area contributed by atoms with Crippen molar-refractivity contribution in [2.75, 3.05) is 26.8 Å². The van der Waals surface area contributed by atoms with E-state index in [9.17, 15) is 0 Å². The zero-order chi connectivity index (χ0) is 21.8. The minimum atomic E-state index is 0.115. The Labute approximate surface area is 179 Å². The van der Waals surface area contributed by atoms with Crippen LogP contribution in [-0.2, 0) is 13.0 Å². The van der Waals surface area contributed by atoms with Crippen molar-refractivity contribution in [3.05, 3.63) is 47.7 Å². The van der Waals surface area contributed by atoms with Gasteiger partial charge in [-0.1, -0.05) is 12.1 Å². The molecular formula is C23H34N4O3. The summed E-state index contributed by atoms with van der Waals surface area (Å²) in [6, 6.07) is 9.96. The van der Waals surface area contributed by atoms with E-state index in [1.165, 1.54) is 5.56 Å². The Bertz CT molecular complexity index is 792. The second-order valence-electron chi connectivity index (χ2n) is 6.92. The maximum Gasteiger partial charge on any atom is 0.213 e. The molecule has 0 aliphatic carbocycles. The van der Waals surface area contributed by atoms with E-state index >= 15 is 0 Å². The van der Waals surface area contributed by atoms with Crippen LogP contribution in [0, 0.1) is 0 Å². The molecule has 1 aromatic heterocycles. The molecule has 1 aromatic carbocycles. The number of aliphatic imine (C=N–C) groups is 1. The van der Waals surface area contributed by atoms with Crippen LogP contribution in [-0.4, -0.2) is 43.9 Å². The highest BCUT2D eigenvalue weighted by Crippen LogP contribution is 2.28. The minimum Gasteiger partial charge on any atom is -0.490 e. The van der Waals surface area contributed by atoms with Crippen LogP contribution in [0.25, 0.3) is 0 Å². The average Bonchev–Trinajstić information content (AvgIpc) is 2.73. The fourth-order valence-electron chi connectivity index (χ4n) is 2.81. The standard InChI is InChI=1S/C23H34N4O3/c1-6-28-20-10-8-18(14-21(20)29-7-2)12-13-25-23(24-5)27-16-19-9-11-22(26-15-19)30-17(3)4/h8-11,14-15,17H,6-7,12-13,16H2,1-5H3,(H2,24,25,27). The average molecular weight is 415 g/mol. The Hall–Kier alpha value is -2.96. The number of rotatable bonds is 11. The van der Waals surface area contributed by atoms with Gasteiger partial charge in [0.15, 0.2) is 17.5 Å². The van der Waals surface area contributed by atoms with E-state index < -0.39 is 0 Å². The van der Waals surface area contributed by atoms with Crippen LogP contribution in [0.1, 0.15) is 38.8 Å².